The van der Waals surface area contributed by atoms with Crippen LogP contribution in [-0.2, 0) is 27.3 Å². The molecule has 2 aromatic rings. The van der Waals surface area contributed by atoms with Crippen molar-refractivity contribution in [2.75, 3.05) is 6.54 Å². The molecule has 12 nitrogen and oxygen atoms in total. The molecule has 37 heavy (non-hydrogen) atoms. The monoisotopic (exact) mass is 563 g/mol. The number of nitrogens with zero attached hydrogens (tertiary/aromatic N) is 4. The van der Waals surface area contributed by atoms with E-state index in [-0.39, 0.29) is 34.6 Å². The number of pyridine rings is 1. The van der Waals surface area contributed by atoms with Gasteiger partial charge in [-0.3, -0.25) is 23.6 Å². The van der Waals surface area contributed by atoms with Gasteiger partial charge in [0.05, 0.1) is 17.1 Å². The average Bonchev–Trinajstić information content (AvgIpc) is 3.52. The van der Waals surface area contributed by atoms with Crippen LogP contribution < -0.4 is 5.32 Å². The maximum atomic E-state index is 13.2. The molecule has 1 fully saturated rings. The van der Waals surface area contributed by atoms with Crippen LogP contribution in [0.5, 0.6) is 0 Å². The number of halogens is 3. The van der Waals surface area contributed by atoms with Gasteiger partial charge in [-0.1, -0.05) is 23.4 Å². The van der Waals surface area contributed by atoms with Crippen molar-refractivity contribution < 1.29 is 41.0 Å². The van der Waals surface area contributed by atoms with Gasteiger partial charge in [-0.25, -0.2) is 13.8 Å². The lowest BCUT2D eigenvalue weighted by atomic mass is 10.2. The number of aromatic nitrogens is 3. The maximum absolute atomic E-state index is 13.2. The molecule has 0 atom stereocenters. The molecule has 202 valence electrons. The van der Waals surface area contributed by atoms with Crippen molar-refractivity contribution >= 4 is 33.6 Å². The second kappa shape index (κ2) is 13.4. The zero-order valence-corrected chi connectivity index (χ0v) is 21.4. The molecular formula is C21H24ClF2N5O7S. The number of carbonyl (C=O) groups excluding carboxylic acids is 1. The minimum absolute atomic E-state index is 0.133. The Morgan fingerprint density at radius 1 is 1.38 bits per heavy atom. The summed E-state index contributed by atoms with van der Waals surface area (Å²) in [6.45, 7) is 3.27. The van der Waals surface area contributed by atoms with Crippen molar-refractivity contribution in [3.8, 4) is 11.8 Å². The summed E-state index contributed by atoms with van der Waals surface area (Å²) < 4.78 is 59.0. The van der Waals surface area contributed by atoms with Gasteiger partial charge in [0.2, 0.25) is 0 Å². The van der Waals surface area contributed by atoms with Gasteiger partial charge in [0.1, 0.15) is 23.2 Å². The Morgan fingerprint density at radius 3 is 2.57 bits per heavy atom. The van der Waals surface area contributed by atoms with Crippen LogP contribution in [-0.4, -0.2) is 56.6 Å². The number of amides is 1. The van der Waals surface area contributed by atoms with Gasteiger partial charge >= 0.3 is 10.4 Å². The Hall–Kier alpha value is -3.16. The molecule has 0 bridgehead atoms. The van der Waals surface area contributed by atoms with Gasteiger partial charge < -0.3 is 5.32 Å². The van der Waals surface area contributed by atoms with E-state index in [0.29, 0.717) is 11.5 Å². The number of rotatable bonds is 8. The van der Waals surface area contributed by atoms with E-state index in [9.17, 15) is 13.6 Å². The van der Waals surface area contributed by atoms with Crippen LogP contribution in [0.25, 0.3) is 0 Å². The third-order valence-electron chi connectivity index (χ3n) is 4.22. The molecule has 1 amide bonds. The number of aryl methyl sites for hydroxylation is 1. The van der Waals surface area contributed by atoms with Crippen molar-refractivity contribution in [2.45, 2.75) is 39.2 Å². The third-order valence-corrected chi connectivity index (χ3v) is 4.51. The van der Waals surface area contributed by atoms with E-state index in [1.54, 1.807) is 19.9 Å². The van der Waals surface area contributed by atoms with Crippen molar-refractivity contribution in [1.82, 2.24) is 20.1 Å². The zero-order valence-electron chi connectivity index (χ0n) is 19.9. The van der Waals surface area contributed by atoms with Gasteiger partial charge in [0.15, 0.2) is 0 Å². The van der Waals surface area contributed by atoms with Crippen molar-refractivity contribution in [1.29, 1.82) is 0 Å². The highest BCUT2D eigenvalue weighted by molar-refractivity contribution is 7.79. The largest absolute Gasteiger partial charge is 0.394 e. The third kappa shape index (κ3) is 11.2. The number of hydrogen-bond acceptors (Lipinski definition) is 8. The van der Waals surface area contributed by atoms with Crippen molar-refractivity contribution in [2.24, 2.45) is 18.1 Å². The van der Waals surface area contributed by atoms with Crippen molar-refractivity contribution in [3.63, 3.8) is 0 Å². The Kier molecular flexibility index (Phi) is 10.9. The van der Waals surface area contributed by atoms with Gasteiger partial charge in [0, 0.05) is 30.9 Å². The normalized spacial score (nSPS) is 13.5. The van der Waals surface area contributed by atoms with Crippen LogP contribution in [0.15, 0.2) is 23.6 Å². The second-order valence-electron chi connectivity index (χ2n) is 7.89. The van der Waals surface area contributed by atoms with E-state index < -0.39 is 28.4 Å². The molecule has 0 radical (unpaired) electrons. The molecule has 0 unspecified atom stereocenters. The molecular weight excluding hydrogens is 540 g/mol. The summed E-state index contributed by atoms with van der Waals surface area (Å²) >= 11 is 6.37. The van der Waals surface area contributed by atoms with Crippen LogP contribution in [0.2, 0.25) is 5.02 Å². The lowest BCUT2D eigenvalue weighted by Gasteiger charge is -2.10. The average molecular weight is 564 g/mol. The first-order chi connectivity index (χ1) is 17.2. The van der Waals surface area contributed by atoms with Gasteiger partial charge in [-0.15, -0.1) is 0 Å². The highest BCUT2D eigenvalue weighted by atomic mass is 35.5. The highest BCUT2D eigenvalue weighted by Crippen LogP contribution is 2.27. The molecule has 1 aliphatic rings. The Labute approximate surface area is 216 Å². The molecule has 0 saturated heterocycles. The minimum atomic E-state index is -4.67. The van der Waals surface area contributed by atoms with E-state index in [1.807, 2.05) is 0 Å². The number of alkyl halides is 2. The smallest absolute Gasteiger partial charge is 0.346 e. The van der Waals surface area contributed by atoms with Crippen molar-refractivity contribution in [3.05, 3.63) is 46.0 Å². The molecule has 16 heteroatoms. The molecule has 2 aromatic heterocycles. The van der Waals surface area contributed by atoms with Gasteiger partial charge in [-0.2, -0.15) is 18.4 Å². The topological polar surface area (TPSA) is 165 Å². The van der Waals surface area contributed by atoms with E-state index >= 15 is 0 Å². The fraction of sp³-hybridized carbons (Fsp3) is 0.429. The van der Waals surface area contributed by atoms with E-state index in [2.05, 4.69) is 32.4 Å². The van der Waals surface area contributed by atoms with Crippen LogP contribution in [0.3, 0.4) is 0 Å². The SMILES string of the molecule is CC(C)OO/N=C(/CNC(=O)c1cn(C)nc1C(F)F)c1ncc(C#CC2CC2)cc1Cl.O=S(=O)(O)O. The minimum Gasteiger partial charge on any atom is -0.346 e. The van der Waals surface area contributed by atoms with Gasteiger partial charge in [0.25, 0.3) is 12.3 Å². The van der Waals surface area contributed by atoms with Crippen LogP contribution in [0, 0.1) is 17.8 Å². The summed E-state index contributed by atoms with van der Waals surface area (Å²) in [6.07, 6.45) is 1.77. The quantitative estimate of drug-likeness (QED) is 0.144. The molecule has 0 aliphatic heterocycles. The summed E-state index contributed by atoms with van der Waals surface area (Å²) in [5, 5.41) is 10.2. The lowest BCUT2D eigenvalue weighted by molar-refractivity contribution is -0.318. The summed E-state index contributed by atoms with van der Waals surface area (Å²) in [7, 11) is -3.22. The standard InChI is InChI=1S/C21H22ClF2N5O3.H2O4S/c1-12(2)31-32-28-17(10-26-21(30)15-11-29(3)27-18(15)20(23)24)19-16(22)8-14(9-25-19)7-6-13-4-5-13;1-5(2,3)4/h8-9,11-13,20H,4-5,10H2,1-3H3,(H,26,30);(H2,1,2,3,4)/b28-17-;. The Morgan fingerprint density at radius 2 is 2.03 bits per heavy atom. The first-order valence-corrected chi connectivity index (χ1v) is 12.4. The summed E-state index contributed by atoms with van der Waals surface area (Å²) in [4.78, 5) is 26.6. The maximum Gasteiger partial charge on any atom is 0.394 e. The Balaban J connectivity index is 0.000000877. The summed E-state index contributed by atoms with van der Waals surface area (Å²) in [5.41, 5.74) is 0.152. The van der Waals surface area contributed by atoms with Crippen LogP contribution in [0.4, 0.5) is 8.78 Å². The van der Waals surface area contributed by atoms with E-state index in [4.69, 9.17) is 39.0 Å². The molecule has 1 saturated carbocycles. The predicted molar refractivity (Wildman–Crippen MR) is 127 cm³/mol. The number of carbonyl (C=O) groups is 1. The number of nitrogens with one attached hydrogen (secondary N) is 1. The second-order valence-corrected chi connectivity index (χ2v) is 9.19. The van der Waals surface area contributed by atoms with Crippen LogP contribution >= 0.6 is 11.6 Å². The fourth-order valence-corrected chi connectivity index (χ4v) is 2.82. The molecule has 3 rings (SSSR count). The molecule has 0 aromatic carbocycles. The number of hydrogen-bond donors (Lipinski definition) is 3. The van der Waals surface area contributed by atoms with E-state index in [1.165, 1.54) is 19.4 Å². The van der Waals surface area contributed by atoms with E-state index in [0.717, 1.165) is 17.5 Å². The molecule has 2 heterocycles. The predicted octanol–water partition coefficient (Wildman–Crippen LogP) is 3.01. The van der Waals surface area contributed by atoms with Crippen LogP contribution in [0.1, 0.15) is 60.4 Å². The fourth-order valence-electron chi connectivity index (χ4n) is 2.54. The Bertz CT molecular complexity index is 1290. The molecule has 3 N–H and O–H groups in total. The first kappa shape index (κ1) is 30.1. The molecule has 1 aliphatic carbocycles. The summed E-state index contributed by atoms with van der Waals surface area (Å²) in [6, 6.07) is 1.63. The summed E-state index contributed by atoms with van der Waals surface area (Å²) in [5.74, 6) is 5.81. The molecule has 0 spiro atoms. The van der Waals surface area contributed by atoms with Gasteiger partial charge in [-0.05, 0) is 37.9 Å². The lowest BCUT2D eigenvalue weighted by Crippen LogP contribution is -2.31. The zero-order chi connectivity index (χ0) is 27.8. The first-order valence-electron chi connectivity index (χ1n) is 10.6. The number of oxime groups is 1. The highest BCUT2D eigenvalue weighted by Gasteiger charge is 2.23.